The van der Waals surface area contributed by atoms with E-state index < -0.39 is 27.8 Å². The van der Waals surface area contributed by atoms with Crippen molar-refractivity contribution in [3.05, 3.63) is 65.0 Å². The summed E-state index contributed by atoms with van der Waals surface area (Å²) >= 11 is 0. The molecule has 2 rings (SSSR count). The van der Waals surface area contributed by atoms with Crippen LogP contribution in [0, 0.1) is 19.7 Å². The summed E-state index contributed by atoms with van der Waals surface area (Å²) in [7, 11) is -3.79. The van der Waals surface area contributed by atoms with Crippen LogP contribution >= 0.6 is 0 Å². The SMILES string of the molecule is Cc1ccc([C@@H](C)NC(=O)[C@@H](C)N(c2cccc(F)c2)S(C)(=O)=O)c(C)c1. The van der Waals surface area contributed by atoms with E-state index in [9.17, 15) is 17.6 Å². The molecule has 2 aromatic rings. The smallest absolute Gasteiger partial charge is 0.244 e. The lowest BCUT2D eigenvalue weighted by Gasteiger charge is -2.29. The maximum atomic E-state index is 13.6. The largest absolute Gasteiger partial charge is 0.348 e. The van der Waals surface area contributed by atoms with Crippen LogP contribution in [0.4, 0.5) is 10.1 Å². The van der Waals surface area contributed by atoms with Gasteiger partial charge >= 0.3 is 0 Å². The Balaban J connectivity index is 2.27. The van der Waals surface area contributed by atoms with Gasteiger partial charge in [-0.05, 0) is 57.0 Å². The highest BCUT2D eigenvalue weighted by Gasteiger charge is 2.30. The van der Waals surface area contributed by atoms with Gasteiger partial charge in [-0.15, -0.1) is 0 Å². The Morgan fingerprint density at radius 1 is 1.11 bits per heavy atom. The van der Waals surface area contributed by atoms with Crippen molar-refractivity contribution in [1.29, 1.82) is 0 Å². The summed E-state index contributed by atoms with van der Waals surface area (Å²) in [6.07, 6.45) is 0.995. The molecule has 0 aliphatic heterocycles. The third kappa shape index (κ3) is 5.07. The van der Waals surface area contributed by atoms with Gasteiger partial charge < -0.3 is 5.32 Å². The zero-order chi connectivity index (χ0) is 20.4. The maximum absolute atomic E-state index is 13.6. The molecular formula is C20H25FN2O3S. The number of carbonyl (C=O) groups excluding carboxylic acids is 1. The monoisotopic (exact) mass is 392 g/mol. The van der Waals surface area contributed by atoms with Crippen LogP contribution in [0.5, 0.6) is 0 Å². The molecule has 1 N–H and O–H groups in total. The van der Waals surface area contributed by atoms with E-state index in [0.29, 0.717) is 0 Å². The van der Waals surface area contributed by atoms with Crippen molar-refractivity contribution in [2.45, 2.75) is 39.8 Å². The van der Waals surface area contributed by atoms with Crippen LogP contribution in [0.1, 0.15) is 36.6 Å². The van der Waals surface area contributed by atoms with Crippen LogP contribution in [0.25, 0.3) is 0 Å². The molecule has 2 aromatic carbocycles. The number of aryl methyl sites for hydroxylation is 2. The number of rotatable bonds is 6. The Hall–Kier alpha value is -2.41. The van der Waals surface area contributed by atoms with Gasteiger partial charge in [0.05, 0.1) is 18.0 Å². The van der Waals surface area contributed by atoms with Gasteiger partial charge in [-0.2, -0.15) is 0 Å². The first-order valence-electron chi connectivity index (χ1n) is 8.63. The molecule has 0 spiro atoms. The summed E-state index contributed by atoms with van der Waals surface area (Å²) in [5.74, 6) is -1.03. The van der Waals surface area contributed by atoms with Crippen LogP contribution < -0.4 is 9.62 Å². The number of nitrogens with zero attached hydrogens (tertiary/aromatic N) is 1. The Labute approximate surface area is 160 Å². The molecule has 0 aromatic heterocycles. The van der Waals surface area contributed by atoms with E-state index in [4.69, 9.17) is 0 Å². The summed E-state index contributed by atoms with van der Waals surface area (Å²) in [5, 5.41) is 2.85. The number of benzene rings is 2. The number of halogens is 1. The van der Waals surface area contributed by atoms with E-state index in [1.165, 1.54) is 25.1 Å². The molecule has 0 radical (unpaired) electrons. The van der Waals surface area contributed by atoms with Crippen LogP contribution in [0.2, 0.25) is 0 Å². The third-order valence-electron chi connectivity index (χ3n) is 4.40. The highest BCUT2D eigenvalue weighted by molar-refractivity contribution is 7.92. The highest BCUT2D eigenvalue weighted by Crippen LogP contribution is 2.23. The first kappa shape index (κ1) is 20.9. The summed E-state index contributed by atoms with van der Waals surface area (Å²) in [6.45, 7) is 7.28. The fraction of sp³-hybridized carbons (Fsp3) is 0.350. The van der Waals surface area contributed by atoms with Crippen molar-refractivity contribution in [2.24, 2.45) is 0 Å². The van der Waals surface area contributed by atoms with Crippen LogP contribution in [-0.4, -0.2) is 26.6 Å². The van der Waals surface area contributed by atoms with Crippen molar-refractivity contribution in [3.63, 3.8) is 0 Å². The van der Waals surface area contributed by atoms with Gasteiger partial charge in [-0.1, -0.05) is 29.8 Å². The molecular weight excluding hydrogens is 367 g/mol. The Kier molecular flexibility index (Phi) is 6.26. The fourth-order valence-corrected chi connectivity index (χ4v) is 4.31. The van der Waals surface area contributed by atoms with Gasteiger partial charge in [-0.25, -0.2) is 12.8 Å². The lowest BCUT2D eigenvalue weighted by molar-refractivity contribution is -0.122. The van der Waals surface area contributed by atoms with Crippen molar-refractivity contribution >= 4 is 21.6 Å². The predicted octanol–water partition coefficient (Wildman–Crippen LogP) is 3.47. The summed E-state index contributed by atoms with van der Waals surface area (Å²) in [4.78, 5) is 12.7. The van der Waals surface area contributed by atoms with Crippen LogP contribution in [0.3, 0.4) is 0 Å². The molecule has 7 heteroatoms. The molecule has 0 aliphatic carbocycles. The van der Waals surface area contributed by atoms with E-state index in [-0.39, 0.29) is 11.7 Å². The van der Waals surface area contributed by atoms with E-state index in [2.05, 4.69) is 5.32 Å². The van der Waals surface area contributed by atoms with Gasteiger partial charge in [0.25, 0.3) is 0 Å². The van der Waals surface area contributed by atoms with Gasteiger partial charge in [0, 0.05) is 0 Å². The highest BCUT2D eigenvalue weighted by atomic mass is 32.2. The maximum Gasteiger partial charge on any atom is 0.244 e. The quantitative estimate of drug-likeness (QED) is 0.819. The zero-order valence-electron chi connectivity index (χ0n) is 16.2. The molecule has 27 heavy (non-hydrogen) atoms. The minimum atomic E-state index is -3.79. The average molecular weight is 392 g/mol. The third-order valence-corrected chi connectivity index (χ3v) is 5.64. The second-order valence-corrected chi connectivity index (χ2v) is 8.66. The topological polar surface area (TPSA) is 66.5 Å². The molecule has 0 fully saturated rings. The van der Waals surface area contributed by atoms with E-state index in [0.717, 1.165) is 33.3 Å². The number of anilines is 1. The standard InChI is InChI=1S/C20H25FN2O3S/c1-13-9-10-19(14(2)11-13)15(3)22-20(24)16(4)23(27(5,25)26)18-8-6-7-17(21)12-18/h6-12,15-16H,1-5H3,(H,22,24)/t15-,16-/m1/s1. The van der Waals surface area contributed by atoms with Gasteiger partial charge in [0.1, 0.15) is 11.9 Å². The van der Waals surface area contributed by atoms with E-state index in [1.807, 2.05) is 39.0 Å². The summed E-state index contributed by atoms with van der Waals surface area (Å²) in [6, 6.07) is 9.79. The fourth-order valence-electron chi connectivity index (χ4n) is 3.15. The van der Waals surface area contributed by atoms with Crippen molar-refractivity contribution in [3.8, 4) is 0 Å². The average Bonchev–Trinajstić information content (AvgIpc) is 2.53. The summed E-state index contributed by atoms with van der Waals surface area (Å²) in [5.41, 5.74) is 3.23. The molecule has 0 aliphatic rings. The number of carbonyl (C=O) groups is 1. The number of hydrogen-bond acceptors (Lipinski definition) is 3. The molecule has 5 nitrogen and oxygen atoms in total. The molecule has 0 saturated heterocycles. The van der Waals surface area contributed by atoms with E-state index in [1.54, 1.807) is 0 Å². The van der Waals surface area contributed by atoms with Gasteiger partial charge in [0.15, 0.2) is 0 Å². The molecule has 0 unspecified atom stereocenters. The second kappa shape index (κ2) is 8.08. The van der Waals surface area contributed by atoms with Crippen molar-refractivity contribution < 1.29 is 17.6 Å². The second-order valence-electron chi connectivity index (χ2n) is 6.80. The Morgan fingerprint density at radius 3 is 2.33 bits per heavy atom. The van der Waals surface area contributed by atoms with Crippen LogP contribution in [-0.2, 0) is 14.8 Å². The van der Waals surface area contributed by atoms with Gasteiger partial charge in [0.2, 0.25) is 15.9 Å². The molecule has 2 atom stereocenters. The molecule has 0 heterocycles. The lowest BCUT2D eigenvalue weighted by Crippen LogP contribution is -2.48. The van der Waals surface area contributed by atoms with Gasteiger partial charge in [-0.3, -0.25) is 9.10 Å². The molecule has 146 valence electrons. The first-order chi connectivity index (χ1) is 12.5. The molecule has 0 saturated carbocycles. The molecule has 0 bridgehead atoms. The normalized spacial score (nSPS) is 13.7. The minimum Gasteiger partial charge on any atom is -0.348 e. The zero-order valence-corrected chi connectivity index (χ0v) is 17.0. The Morgan fingerprint density at radius 2 is 1.78 bits per heavy atom. The number of amides is 1. The van der Waals surface area contributed by atoms with E-state index >= 15 is 0 Å². The first-order valence-corrected chi connectivity index (χ1v) is 10.5. The predicted molar refractivity (Wildman–Crippen MR) is 106 cm³/mol. The number of hydrogen-bond donors (Lipinski definition) is 1. The minimum absolute atomic E-state index is 0.110. The van der Waals surface area contributed by atoms with Crippen molar-refractivity contribution in [2.75, 3.05) is 10.6 Å². The number of nitrogens with one attached hydrogen (secondary N) is 1. The number of sulfonamides is 1. The lowest BCUT2D eigenvalue weighted by atomic mass is 10.00. The molecule has 1 amide bonds. The van der Waals surface area contributed by atoms with Crippen molar-refractivity contribution in [1.82, 2.24) is 5.32 Å². The summed E-state index contributed by atoms with van der Waals surface area (Å²) < 4.78 is 39.0. The van der Waals surface area contributed by atoms with Crippen LogP contribution in [0.15, 0.2) is 42.5 Å². The Bertz CT molecular complexity index is 944.